The van der Waals surface area contributed by atoms with Crippen LogP contribution in [0.15, 0.2) is 6.33 Å². The number of rotatable bonds is 5. The van der Waals surface area contributed by atoms with Crippen molar-refractivity contribution in [2.75, 3.05) is 13.2 Å². The lowest BCUT2D eigenvalue weighted by molar-refractivity contribution is -0.128. The van der Waals surface area contributed by atoms with E-state index in [1.54, 1.807) is 6.33 Å². The number of nitrogens with one attached hydrogen (secondary N) is 1. The lowest BCUT2D eigenvalue weighted by Crippen LogP contribution is -2.37. The van der Waals surface area contributed by atoms with Crippen molar-refractivity contribution in [3.05, 3.63) is 12.2 Å². The summed E-state index contributed by atoms with van der Waals surface area (Å²) in [6, 6.07) is -0.0576. The highest BCUT2D eigenvalue weighted by Crippen LogP contribution is 2.19. The minimum Gasteiger partial charge on any atom is -0.381 e. The first-order chi connectivity index (χ1) is 9.26. The van der Waals surface area contributed by atoms with E-state index in [-0.39, 0.29) is 17.9 Å². The van der Waals surface area contributed by atoms with E-state index in [1.165, 1.54) is 0 Å². The summed E-state index contributed by atoms with van der Waals surface area (Å²) in [6.45, 7) is 6.19. The number of ether oxygens (including phenoxy) is 1. The third-order valence-corrected chi connectivity index (χ3v) is 3.57. The van der Waals surface area contributed by atoms with Crippen molar-refractivity contribution in [1.29, 1.82) is 0 Å². The molecule has 0 saturated carbocycles. The zero-order valence-electron chi connectivity index (χ0n) is 11.6. The van der Waals surface area contributed by atoms with Crippen LogP contribution in [-0.4, -0.2) is 33.9 Å². The fourth-order valence-corrected chi connectivity index (χ4v) is 2.39. The van der Waals surface area contributed by atoms with Crippen LogP contribution < -0.4 is 5.32 Å². The minimum absolute atomic E-state index is 0.0576. The summed E-state index contributed by atoms with van der Waals surface area (Å²) in [7, 11) is 0. The maximum atomic E-state index is 12.2. The van der Waals surface area contributed by atoms with E-state index < -0.39 is 0 Å². The predicted molar refractivity (Wildman–Crippen MR) is 70.4 cm³/mol. The van der Waals surface area contributed by atoms with Crippen molar-refractivity contribution in [1.82, 2.24) is 20.1 Å². The molecule has 0 spiro atoms. The molecule has 106 valence electrons. The number of hydrogen-bond donors (Lipinski definition) is 1. The number of aryl methyl sites for hydroxylation is 1. The maximum Gasteiger partial charge on any atom is 0.223 e. The van der Waals surface area contributed by atoms with Gasteiger partial charge in [-0.25, -0.2) is 9.67 Å². The van der Waals surface area contributed by atoms with Crippen LogP contribution >= 0.6 is 0 Å². The highest BCUT2D eigenvalue weighted by Gasteiger charge is 2.25. The van der Waals surface area contributed by atoms with Gasteiger partial charge in [0.25, 0.3) is 0 Å². The summed E-state index contributed by atoms with van der Waals surface area (Å²) in [4.78, 5) is 16.5. The van der Waals surface area contributed by atoms with E-state index in [9.17, 15) is 4.79 Å². The molecule has 1 unspecified atom stereocenters. The van der Waals surface area contributed by atoms with Crippen molar-refractivity contribution in [3.8, 4) is 0 Å². The second-order valence-corrected chi connectivity index (χ2v) is 4.79. The molecule has 6 heteroatoms. The highest BCUT2D eigenvalue weighted by atomic mass is 16.5. The van der Waals surface area contributed by atoms with Gasteiger partial charge in [-0.2, -0.15) is 5.10 Å². The van der Waals surface area contributed by atoms with Gasteiger partial charge in [-0.3, -0.25) is 4.79 Å². The first-order valence-electron chi connectivity index (χ1n) is 7.02. The fraction of sp³-hybridized carbons (Fsp3) is 0.769. The minimum atomic E-state index is -0.0576. The van der Waals surface area contributed by atoms with E-state index in [1.807, 2.05) is 18.5 Å². The Morgan fingerprint density at radius 2 is 2.26 bits per heavy atom. The summed E-state index contributed by atoms with van der Waals surface area (Å²) >= 11 is 0. The molecule has 19 heavy (non-hydrogen) atoms. The largest absolute Gasteiger partial charge is 0.381 e. The van der Waals surface area contributed by atoms with Crippen molar-refractivity contribution in [2.24, 2.45) is 5.92 Å². The summed E-state index contributed by atoms with van der Waals surface area (Å²) in [5, 5.41) is 7.25. The van der Waals surface area contributed by atoms with Crippen LogP contribution in [0, 0.1) is 5.92 Å². The number of hydrogen-bond acceptors (Lipinski definition) is 4. The fourth-order valence-electron chi connectivity index (χ4n) is 2.39. The van der Waals surface area contributed by atoms with E-state index in [4.69, 9.17) is 4.74 Å². The topological polar surface area (TPSA) is 69.0 Å². The third kappa shape index (κ3) is 3.32. The van der Waals surface area contributed by atoms with Crippen LogP contribution in [0.5, 0.6) is 0 Å². The standard InChI is InChI=1S/C13H22N4O2/c1-3-11(12-14-9-15-17(12)4-2)16-13(18)10-5-7-19-8-6-10/h9-11H,3-8H2,1-2H3,(H,16,18). The Hall–Kier alpha value is -1.43. The van der Waals surface area contributed by atoms with Gasteiger partial charge in [-0.15, -0.1) is 0 Å². The number of carbonyl (C=O) groups is 1. The Morgan fingerprint density at radius 1 is 1.53 bits per heavy atom. The monoisotopic (exact) mass is 266 g/mol. The summed E-state index contributed by atoms with van der Waals surface area (Å²) in [5.74, 6) is 1.02. The molecule has 0 aliphatic carbocycles. The van der Waals surface area contributed by atoms with Gasteiger partial charge in [0.05, 0.1) is 6.04 Å². The Kier molecular flexibility index (Phi) is 4.90. The first-order valence-corrected chi connectivity index (χ1v) is 7.02. The molecule has 6 nitrogen and oxygen atoms in total. The molecule has 0 aromatic carbocycles. The summed E-state index contributed by atoms with van der Waals surface area (Å²) < 4.78 is 7.12. The molecule has 1 fully saturated rings. The number of aromatic nitrogens is 3. The molecule has 2 heterocycles. The maximum absolute atomic E-state index is 12.2. The average molecular weight is 266 g/mol. The SMILES string of the molecule is CCC(NC(=O)C1CCOCC1)c1ncnn1CC. The normalized spacial score (nSPS) is 18.2. The number of nitrogens with zero attached hydrogens (tertiary/aromatic N) is 3. The van der Waals surface area contributed by atoms with Crippen LogP contribution in [0.25, 0.3) is 0 Å². The Morgan fingerprint density at radius 3 is 2.89 bits per heavy atom. The van der Waals surface area contributed by atoms with E-state index in [2.05, 4.69) is 15.4 Å². The molecular formula is C13H22N4O2. The zero-order valence-corrected chi connectivity index (χ0v) is 11.6. The van der Waals surface area contributed by atoms with E-state index >= 15 is 0 Å². The van der Waals surface area contributed by atoms with Crippen LogP contribution in [0.3, 0.4) is 0 Å². The summed E-state index contributed by atoms with van der Waals surface area (Å²) in [6.07, 6.45) is 3.97. The van der Waals surface area contributed by atoms with Gasteiger partial charge < -0.3 is 10.1 Å². The van der Waals surface area contributed by atoms with Crippen LogP contribution in [0.4, 0.5) is 0 Å². The van der Waals surface area contributed by atoms with Crippen molar-refractivity contribution in [3.63, 3.8) is 0 Å². The van der Waals surface area contributed by atoms with Gasteiger partial charge in [-0.05, 0) is 26.2 Å². The molecule has 1 aliphatic rings. The zero-order chi connectivity index (χ0) is 13.7. The third-order valence-electron chi connectivity index (χ3n) is 3.57. The van der Waals surface area contributed by atoms with Gasteiger partial charge in [0.15, 0.2) is 0 Å². The lowest BCUT2D eigenvalue weighted by Gasteiger charge is -2.24. The van der Waals surface area contributed by atoms with Gasteiger partial charge in [0.1, 0.15) is 12.2 Å². The molecule has 1 saturated heterocycles. The molecule has 1 amide bonds. The molecule has 1 aromatic rings. The van der Waals surface area contributed by atoms with Crippen molar-refractivity contribution >= 4 is 5.91 Å². The molecule has 2 rings (SSSR count). The van der Waals surface area contributed by atoms with Crippen molar-refractivity contribution in [2.45, 2.75) is 45.7 Å². The predicted octanol–water partition coefficient (Wildman–Crippen LogP) is 1.29. The van der Waals surface area contributed by atoms with Crippen LogP contribution in [0.2, 0.25) is 0 Å². The Bertz CT molecular complexity index is 413. The smallest absolute Gasteiger partial charge is 0.223 e. The van der Waals surface area contributed by atoms with Gasteiger partial charge in [0, 0.05) is 25.7 Å². The summed E-state index contributed by atoms with van der Waals surface area (Å²) in [5.41, 5.74) is 0. The molecule has 0 radical (unpaired) electrons. The average Bonchev–Trinajstić information content (AvgIpc) is 2.93. The van der Waals surface area contributed by atoms with E-state index in [0.717, 1.165) is 31.6 Å². The Labute approximate surface area is 113 Å². The van der Waals surface area contributed by atoms with Crippen LogP contribution in [-0.2, 0) is 16.1 Å². The quantitative estimate of drug-likeness (QED) is 0.872. The Balaban J connectivity index is 2.00. The van der Waals surface area contributed by atoms with Gasteiger partial charge in [-0.1, -0.05) is 6.92 Å². The number of carbonyl (C=O) groups excluding carboxylic acids is 1. The second-order valence-electron chi connectivity index (χ2n) is 4.79. The lowest BCUT2D eigenvalue weighted by atomic mass is 9.99. The van der Waals surface area contributed by atoms with Gasteiger partial charge in [0.2, 0.25) is 5.91 Å². The number of amides is 1. The molecule has 1 N–H and O–H groups in total. The molecule has 0 bridgehead atoms. The van der Waals surface area contributed by atoms with Gasteiger partial charge >= 0.3 is 0 Å². The van der Waals surface area contributed by atoms with Crippen LogP contribution in [0.1, 0.15) is 45.0 Å². The first kappa shape index (κ1) is 14.0. The molecule has 1 aromatic heterocycles. The second kappa shape index (κ2) is 6.65. The highest BCUT2D eigenvalue weighted by molar-refractivity contribution is 5.79. The van der Waals surface area contributed by atoms with Crippen molar-refractivity contribution < 1.29 is 9.53 Å². The molecular weight excluding hydrogens is 244 g/mol. The molecule has 1 aliphatic heterocycles. The molecule has 1 atom stereocenters. The van der Waals surface area contributed by atoms with E-state index in [0.29, 0.717) is 13.2 Å².